The largest absolute Gasteiger partial charge is 0.461 e. The first-order chi connectivity index (χ1) is 8.93. The molecule has 19 heavy (non-hydrogen) atoms. The molecule has 0 aliphatic carbocycles. The number of hydrogen-bond donors (Lipinski definition) is 0. The second-order valence-corrected chi connectivity index (χ2v) is 4.27. The van der Waals surface area contributed by atoms with Crippen LogP contribution in [0.5, 0.6) is 0 Å². The van der Waals surface area contributed by atoms with E-state index in [4.69, 9.17) is 4.74 Å². The van der Waals surface area contributed by atoms with Crippen molar-refractivity contribution in [3.63, 3.8) is 0 Å². The number of alkyl halides is 2. The van der Waals surface area contributed by atoms with Crippen LogP contribution in [-0.4, -0.2) is 55.1 Å². The Morgan fingerprint density at radius 2 is 2.00 bits per heavy atom. The molecule has 110 valence electrons. The van der Waals surface area contributed by atoms with E-state index in [9.17, 15) is 18.4 Å². The number of halogens is 2. The molecule has 1 heterocycles. The maximum Gasteiger partial charge on any atom is 0.419 e. The maximum atomic E-state index is 13.6. The lowest BCUT2D eigenvalue weighted by molar-refractivity contribution is -0.184. The Kier molecular flexibility index (Phi) is 5.65. The molecule has 1 fully saturated rings. The maximum absolute atomic E-state index is 13.6. The minimum absolute atomic E-state index is 0.0850. The standard InChI is InChI=1S/C12H19F2NO4/c1-3-18-9-6-5-7-15(8-9)10(16)12(13,14)11(17)19-4-2/h9H,3-8H2,1-2H3. The van der Waals surface area contributed by atoms with Gasteiger partial charge in [0.1, 0.15) is 0 Å². The average Bonchev–Trinajstić information content (AvgIpc) is 2.38. The summed E-state index contributed by atoms with van der Waals surface area (Å²) < 4.78 is 36.7. The molecule has 7 heteroatoms. The monoisotopic (exact) mass is 279 g/mol. The summed E-state index contributed by atoms with van der Waals surface area (Å²) in [7, 11) is 0. The van der Waals surface area contributed by atoms with Crippen molar-refractivity contribution in [3.05, 3.63) is 0 Å². The van der Waals surface area contributed by atoms with Gasteiger partial charge in [0.15, 0.2) is 0 Å². The van der Waals surface area contributed by atoms with E-state index in [1.807, 2.05) is 0 Å². The molecule has 0 spiro atoms. The van der Waals surface area contributed by atoms with Crippen molar-refractivity contribution in [2.45, 2.75) is 38.7 Å². The van der Waals surface area contributed by atoms with E-state index in [2.05, 4.69) is 4.74 Å². The Morgan fingerprint density at radius 3 is 2.58 bits per heavy atom. The summed E-state index contributed by atoms with van der Waals surface area (Å²) >= 11 is 0. The van der Waals surface area contributed by atoms with Crippen LogP contribution in [0.2, 0.25) is 0 Å². The van der Waals surface area contributed by atoms with Crippen LogP contribution >= 0.6 is 0 Å². The van der Waals surface area contributed by atoms with Crippen LogP contribution in [0.3, 0.4) is 0 Å². The molecule has 0 bridgehead atoms. The molecule has 0 radical (unpaired) electrons. The van der Waals surface area contributed by atoms with E-state index in [1.54, 1.807) is 6.92 Å². The smallest absolute Gasteiger partial charge is 0.419 e. The number of carbonyl (C=O) groups is 2. The molecule has 1 atom stereocenters. The highest BCUT2D eigenvalue weighted by Crippen LogP contribution is 2.23. The quantitative estimate of drug-likeness (QED) is 0.561. The Labute approximate surface area is 110 Å². The summed E-state index contributed by atoms with van der Waals surface area (Å²) in [5, 5.41) is 0. The Hall–Kier alpha value is -1.24. The van der Waals surface area contributed by atoms with E-state index < -0.39 is 17.8 Å². The summed E-state index contributed by atoms with van der Waals surface area (Å²) in [5.41, 5.74) is 0. The second kappa shape index (κ2) is 6.79. The number of amides is 1. The molecule has 0 aromatic carbocycles. The number of likely N-dealkylation sites (tertiary alicyclic amines) is 1. The predicted octanol–water partition coefficient (Wildman–Crippen LogP) is 1.21. The van der Waals surface area contributed by atoms with Crippen LogP contribution < -0.4 is 0 Å². The number of piperidine rings is 1. The molecule has 1 saturated heterocycles. The zero-order valence-electron chi connectivity index (χ0n) is 11.2. The topological polar surface area (TPSA) is 55.8 Å². The molecule has 1 aliphatic rings. The third-order valence-electron chi connectivity index (χ3n) is 2.87. The van der Waals surface area contributed by atoms with Gasteiger partial charge in [-0.25, -0.2) is 4.79 Å². The zero-order chi connectivity index (χ0) is 14.5. The van der Waals surface area contributed by atoms with Crippen LogP contribution in [0.15, 0.2) is 0 Å². The lowest BCUT2D eigenvalue weighted by Crippen LogP contribution is -2.53. The molecule has 5 nitrogen and oxygen atoms in total. The van der Waals surface area contributed by atoms with Crippen molar-refractivity contribution >= 4 is 11.9 Å². The number of rotatable bonds is 5. The first-order valence-electron chi connectivity index (χ1n) is 6.39. The van der Waals surface area contributed by atoms with Crippen LogP contribution in [0.1, 0.15) is 26.7 Å². The lowest BCUT2D eigenvalue weighted by Gasteiger charge is -2.33. The predicted molar refractivity (Wildman–Crippen MR) is 62.8 cm³/mol. The first-order valence-corrected chi connectivity index (χ1v) is 6.39. The molecule has 1 amide bonds. The van der Waals surface area contributed by atoms with Gasteiger partial charge in [0.25, 0.3) is 0 Å². The van der Waals surface area contributed by atoms with Gasteiger partial charge in [-0.15, -0.1) is 0 Å². The molecule has 1 rings (SSSR count). The summed E-state index contributed by atoms with van der Waals surface area (Å²) in [6.07, 6.45) is 1.05. The van der Waals surface area contributed by atoms with Crippen LogP contribution in [0, 0.1) is 0 Å². The van der Waals surface area contributed by atoms with Crippen molar-refractivity contribution in [3.8, 4) is 0 Å². The SMILES string of the molecule is CCOC(=O)C(F)(F)C(=O)N1CCCC(OCC)C1. The van der Waals surface area contributed by atoms with Crippen LogP contribution in [0.25, 0.3) is 0 Å². The number of nitrogens with zero attached hydrogens (tertiary/aromatic N) is 1. The van der Waals surface area contributed by atoms with Gasteiger partial charge in [-0.05, 0) is 26.7 Å². The molecular weight excluding hydrogens is 260 g/mol. The van der Waals surface area contributed by atoms with Crippen LogP contribution in [-0.2, 0) is 19.1 Å². The van der Waals surface area contributed by atoms with Gasteiger partial charge in [0.2, 0.25) is 0 Å². The van der Waals surface area contributed by atoms with Crippen molar-refractivity contribution in [1.82, 2.24) is 4.90 Å². The third-order valence-corrected chi connectivity index (χ3v) is 2.87. The molecular formula is C12H19F2NO4. The molecule has 1 unspecified atom stereocenters. The number of esters is 1. The number of hydrogen-bond acceptors (Lipinski definition) is 4. The van der Waals surface area contributed by atoms with Crippen molar-refractivity contribution in [2.75, 3.05) is 26.3 Å². The van der Waals surface area contributed by atoms with Crippen molar-refractivity contribution in [1.29, 1.82) is 0 Å². The van der Waals surface area contributed by atoms with Gasteiger partial charge < -0.3 is 14.4 Å². The molecule has 0 aromatic heterocycles. The molecule has 1 aliphatic heterocycles. The Balaban J connectivity index is 2.67. The Bertz CT molecular complexity index is 334. The van der Waals surface area contributed by atoms with E-state index in [0.717, 1.165) is 11.3 Å². The highest BCUT2D eigenvalue weighted by molar-refractivity contribution is 6.04. The van der Waals surface area contributed by atoms with Gasteiger partial charge in [0, 0.05) is 19.7 Å². The van der Waals surface area contributed by atoms with Crippen molar-refractivity contribution < 1.29 is 27.8 Å². The van der Waals surface area contributed by atoms with Crippen LogP contribution in [0.4, 0.5) is 8.78 Å². The molecule has 0 N–H and O–H groups in total. The fraction of sp³-hybridized carbons (Fsp3) is 0.833. The van der Waals surface area contributed by atoms with Gasteiger partial charge >= 0.3 is 17.8 Å². The van der Waals surface area contributed by atoms with Gasteiger partial charge in [-0.1, -0.05) is 0 Å². The van der Waals surface area contributed by atoms with E-state index in [1.165, 1.54) is 6.92 Å². The summed E-state index contributed by atoms with van der Waals surface area (Å²) in [6, 6.07) is 0. The Morgan fingerprint density at radius 1 is 1.32 bits per heavy atom. The molecule has 0 aromatic rings. The third kappa shape index (κ3) is 3.86. The average molecular weight is 279 g/mol. The minimum Gasteiger partial charge on any atom is -0.461 e. The van der Waals surface area contributed by atoms with Gasteiger partial charge in [-0.2, -0.15) is 8.78 Å². The fourth-order valence-corrected chi connectivity index (χ4v) is 2.00. The summed E-state index contributed by atoms with van der Waals surface area (Å²) in [4.78, 5) is 23.8. The lowest BCUT2D eigenvalue weighted by atomic mass is 10.1. The number of carbonyl (C=O) groups excluding carboxylic acids is 2. The van der Waals surface area contributed by atoms with Gasteiger partial charge in [-0.3, -0.25) is 4.79 Å². The first kappa shape index (κ1) is 15.8. The highest BCUT2D eigenvalue weighted by atomic mass is 19.3. The summed E-state index contributed by atoms with van der Waals surface area (Å²) in [5.74, 6) is -7.42. The number of ether oxygens (including phenoxy) is 2. The van der Waals surface area contributed by atoms with Crippen molar-refractivity contribution in [2.24, 2.45) is 0 Å². The van der Waals surface area contributed by atoms with E-state index >= 15 is 0 Å². The van der Waals surface area contributed by atoms with E-state index in [0.29, 0.717) is 13.0 Å². The van der Waals surface area contributed by atoms with E-state index in [-0.39, 0.29) is 25.8 Å². The molecule has 0 saturated carbocycles. The minimum atomic E-state index is -4.12. The second-order valence-electron chi connectivity index (χ2n) is 4.27. The zero-order valence-corrected chi connectivity index (χ0v) is 11.2. The summed E-state index contributed by atoms with van der Waals surface area (Å²) in [6.45, 7) is 3.77. The van der Waals surface area contributed by atoms with Gasteiger partial charge in [0.05, 0.1) is 12.7 Å². The highest BCUT2D eigenvalue weighted by Gasteiger charge is 2.51. The fourth-order valence-electron chi connectivity index (χ4n) is 2.00. The normalized spacial score (nSPS) is 20.2.